The summed E-state index contributed by atoms with van der Waals surface area (Å²) in [5.74, 6) is 2.22. The number of rotatable bonds is 6. The van der Waals surface area contributed by atoms with Crippen molar-refractivity contribution in [1.29, 1.82) is 0 Å². The summed E-state index contributed by atoms with van der Waals surface area (Å²) in [6.45, 7) is 4.79. The lowest BCUT2D eigenvalue weighted by Gasteiger charge is -2.08. The Kier molecular flexibility index (Phi) is 6.23. The molecule has 0 atom stereocenters. The van der Waals surface area contributed by atoms with Gasteiger partial charge in [0.2, 0.25) is 0 Å². The maximum atomic E-state index is 12.7. The Balaban J connectivity index is 2.11. The van der Waals surface area contributed by atoms with Gasteiger partial charge in [-0.1, -0.05) is 18.3 Å². The summed E-state index contributed by atoms with van der Waals surface area (Å²) in [5, 5.41) is 0. The van der Waals surface area contributed by atoms with Gasteiger partial charge in [-0.3, -0.25) is 4.79 Å². The fourth-order valence-corrected chi connectivity index (χ4v) is 4.71. The number of nitrogens with zero attached hydrogens (tertiary/aromatic N) is 2. The van der Waals surface area contributed by atoms with E-state index in [0.29, 0.717) is 16.9 Å². The second-order valence-corrected chi connectivity index (χ2v) is 7.97. The Hall–Kier alpha value is -2.25. The van der Waals surface area contributed by atoms with Crippen LogP contribution in [0.25, 0.3) is 10.2 Å². The number of ether oxygens (including phenoxy) is 2. The Morgan fingerprint density at radius 1 is 1.07 bits per heavy atom. The van der Waals surface area contributed by atoms with Crippen molar-refractivity contribution in [3.63, 3.8) is 0 Å². The quantitative estimate of drug-likeness (QED) is 0.566. The SMILES string of the molecule is CCSc1ccc(C(=O)N=c2sc3c(OC)ccc(OC)c3n2CC)cc1. The van der Waals surface area contributed by atoms with Crippen molar-refractivity contribution in [2.45, 2.75) is 25.3 Å². The number of fused-ring (bicyclic) bond motifs is 1. The molecule has 27 heavy (non-hydrogen) atoms. The lowest BCUT2D eigenvalue weighted by atomic mass is 10.2. The van der Waals surface area contributed by atoms with Gasteiger partial charge in [0.15, 0.2) is 4.80 Å². The largest absolute Gasteiger partial charge is 0.495 e. The van der Waals surface area contributed by atoms with Gasteiger partial charge in [-0.2, -0.15) is 4.99 Å². The molecule has 0 radical (unpaired) electrons. The zero-order valence-electron chi connectivity index (χ0n) is 15.8. The minimum absolute atomic E-state index is 0.255. The van der Waals surface area contributed by atoms with E-state index in [1.807, 2.05) is 47.9 Å². The predicted molar refractivity (Wildman–Crippen MR) is 111 cm³/mol. The molecule has 7 heteroatoms. The second-order valence-electron chi connectivity index (χ2n) is 5.65. The van der Waals surface area contributed by atoms with E-state index in [2.05, 4.69) is 11.9 Å². The van der Waals surface area contributed by atoms with Crippen LogP contribution in [0, 0.1) is 0 Å². The highest BCUT2D eigenvalue weighted by molar-refractivity contribution is 7.99. The highest BCUT2D eigenvalue weighted by atomic mass is 32.2. The van der Waals surface area contributed by atoms with E-state index >= 15 is 0 Å². The summed E-state index contributed by atoms with van der Waals surface area (Å²) in [5.41, 5.74) is 1.47. The molecule has 0 aliphatic carbocycles. The molecule has 0 aliphatic heterocycles. The molecule has 0 bridgehead atoms. The Morgan fingerprint density at radius 3 is 2.33 bits per heavy atom. The minimum Gasteiger partial charge on any atom is -0.495 e. The van der Waals surface area contributed by atoms with Crippen LogP contribution in [-0.4, -0.2) is 30.4 Å². The van der Waals surface area contributed by atoms with E-state index in [4.69, 9.17) is 9.47 Å². The van der Waals surface area contributed by atoms with Crippen LogP contribution >= 0.6 is 23.1 Å². The van der Waals surface area contributed by atoms with Gasteiger partial charge >= 0.3 is 0 Å². The summed E-state index contributed by atoms with van der Waals surface area (Å²) >= 11 is 3.17. The predicted octanol–water partition coefficient (Wildman–Crippen LogP) is 4.59. The van der Waals surface area contributed by atoms with Gasteiger partial charge in [0.25, 0.3) is 5.91 Å². The zero-order valence-corrected chi connectivity index (χ0v) is 17.4. The first-order chi connectivity index (χ1) is 13.1. The van der Waals surface area contributed by atoms with Gasteiger partial charge in [0.05, 0.1) is 14.2 Å². The van der Waals surface area contributed by atoms with Crippen molar-refractivity contribution in [3.05, 3.63) is 46.8 Å². The van der Waals surface area contributed by atoms with Crippen LogP contribution in [0.15, 0.2) is 46.3 Å². The molecule has 3 aromatic rings. The van der Waals surface area contributed by atoms with Gasteiger partial charge in [-0.25, -0.2) is 0 Å². The van der Waals surface area contributed by atoms with Crippen molar-refractivity contribution in [2.75, 3.05) is 20.0 Å². The monoisotopic (exact) mass is 402 g/mol. The molecule has 1 aromatic heterocycles. The molecule has 1 heterocycles. The maximum Gasteiger partial charge on any atom is 0.279 e. The third-order valence-corrected chi connectivity index (χ3v) is 6.11. The fraction of sp³-hybridized carbons (Fsp3) is 0.300. The average Bonchev–Trinajstić information content (AvgIpc) is 3.06. The fourth-order valence-electron chi connectivity index (χ4n) is 2.84. The number of aromatic nitrogens is 1. The Morgan fingerprint density at radius 2 is 1.74 bits per heavy atom. The molecular formula is C20H22N2O3S2. The lowest BCUT2D eigenvalue weighted by molar-refractivity contribution is 0.0998. The number of methoxy groups -OCH3 is 2. The van der Waals surface area contributed by atoms with E-state index in [1.165, 1.54) is 11.3 Å². The summed E-state index contributed by atoms with van der Waals surface area (Å²) in [7, 11) is 3.27. The third kappa shape index (κ3) is 3.89. The molecule has 0 N–H and O–H groups in total. The number of carbonyl (C=O) groups excluding carboxylic acids is 1. The second kappa shape index (κ2) is 8.63. The summed E-state index contributed by atoms with van der Waals surface area (Å²) in [4.78, 5) is 18.9. The van der Waals surface area contributed by atoms with E-state index < -0.39 is 0 Å². The van der Waals surface area contributed by atoms with E-state index in [9.17, 15) is 4.79 Å². The number of carbonyl (C=O) groups is 1. The number of benzene rings is 2. The molecule has 0 saturated carbocycles. The number of hydrogen-bond acceptors (Lipinski definition) is 5. The smallest absolute Gasteiger partial charge is 0.279 e. The molecule has 0 unspecified atom stereocenters. The molecule has 0 fully saturated rings. The molecule has 3 rings (SSSR count). The lowest BCUT2D eigenvalue weighted by Crippen LogP contribution is -2.16. The van der Waals surface area contributed by atoms with Gasteiger partial charge in [-0.05, 0) is 49.1 Å². The number of aryl methyl sites for hydroxylation is 1. The van der Waals surface area contributed by atoms with Gasteiger partial charge in [0.1, 0.15) is 21.7 Å². The maximum absolute atomic E-state index is 12.7. The van der Waals surface area contributed by atoms with Crippen LogP contribution in [0.3, 0.4) is 0 Å². The first-order valence-corrected chi connectivity index (χ1v) is 10.5. The molecule has 5 nitrogen and oxygen atoms in total. The van der Waals surface area contributed by atoms with Crippen LogP contribution in [0.1, 0.15) is 24.2 Å². The Labute approximate surface area is 166 Å². The van der Waals surface area contributed by atoms with Crippen molar-refractivity contribution >= 4 is 39.2 Å². The average molecular weight is 403 g/mol. The number of hydrogen-bond donors (Lipinski definition) is 0. The van der Waals surface area contributed by atoms with Crippen LogP contribution in [0.5, 0.6) is 11.5 Å². The number of amides is 1. The first kappa shape index (κ1) is 19.5. The van der Waals surface area contributed by atoms with Crippen LogP contribution in [0.4, 0.5) is 0 Å². The van der Waals surface area contributed by atoms with Crippen molar-refractivity contribution in [1.82, 2.24) is 4.57 Å². The minimum atomic E-state index is -0.255. The van der Waals surface area contributed by atoms with Gasteiger partial charge in [-0.15, -0.1) is 11.8 Å². The van der Waals surface area contributed by atoms with Crippen LogP contribution < -0.4 is 14.3 Å². The normalized spacial score (nSPS) is 11.8. The summed E-state index contributed by atoms with van der Waals surface area (Å²) in [6.07, 6.45) is 0. The molecular weight excluding hydrogens is 380 g/mol. The number of thiazole rings is 1. The highest BCUT2D eigenvalue weighted by Crippen LogP contribution is 2.35. The summed E-state index contributed by atoms with van der Waals surface area (Å²) < 4.78 is 13.9. The molecule has 0 saturated heterocycles. The van der Waals surface area contributed by atoms with Crippen molar-refractivity contribution < 1.29 is 14.3 Å². The molecule has 0 spiro atoms. The first-order valence-electron chi connectivity index (χ1n) is 8.69. The van der Waals surface area contributed by atoms with Gasteiger partial charge < -0.3 is 14.0 Å². The molecule has 142 valence electrons. The zero-order chi connectivity index (χ0) is 19.4. The van der Waals surface area contributed by atoms with Crippen LogP contribution in [0.2, 0.25) is 0 Å². The number of thioether (sulfide) groups is 1. The Bertz CT molecular complexity index is 1020. The van der Waals surface area contributed by atoms with Crippen molar-refractivity contribution in [2.24, 2.45) is 4.99 Å². The third-order valence-electron chi connectivity index (χ3n) is 4.12. The highest BCUT2D eigenvalue weighted by Gasteiger charge is 2.16. The van der Waals surface area contributed by atoms with E-state index in [1.54, 1.807) is 26.0 Å². The topological polar surface area (TPSA) is 52.8 Å². The standard InChI is InChI=1S/C20H22N2O3S2/c1-5-22-17-15(24-3)11-12-16(25-4)18(17)27-20(22)21-19(23)13-7-9-14(10-8-13)26-6-2/h7-12H,5-6H2,1-4H3. The van der Waals surface area contributed by atoms with Gasteiger partial charge in [0, 0.05) is 17.0 Å². The molecule has 0 aliphatic rings. The summed E-state index contributed by atoms with van der Waals surface area (Å²) in [6, 6.07) is 11.3. The van der Waals surface area contributed by atoms with Crippen molar-refractivity contribution in [3.8, 4) is 11.5 Å². The molecule has 2 aromatic carbocycles. The van der Waals surface area contributed by atoms with E-state index in [0.717, 1.165) is 32.4 Å². The van der Waals surface area contributed by atoms with E-state index in [-0.39, 0.29) is 5.91 Å². The molecule has 1 amide bonds. The van der Waals surface area contributed by atoms with Crippen LogP contribution in [-0.2, 0) is 6.54 Å².